The van der Waals surface area contributed by atoms with E-state index >= 15 is 4.39 Å². The topological polar surface area (TPSA) is 97.3 Å². The first-order chi connectivity index (χ1) is 16.9. The zero-order valence-corrected chi connectivity index (χ0v) is 20.3. The highest BCUT2D eigenvalue weighted by molar-refractivity contribution is 7.99. The molecule has 0 atom stereocenters. The number of nitrogens with two attached hydrogens (primary N) is 1. The van der Waals surface area contributed by atoms with Gasteiger partial charge >= 0.3 is 6.01 Å². The molecule has 0 amide bonds. The van der Waals surface area contributed by atoms with E-state index in [4.69, 9.17) is 26.8 Å². The van der Waals surface area contributed by atoms with Crippen molar-refractivity contribution in [1.29, 1.82) is 5.26 Å². The molecule has 180 valence electrons. The van der Waals surface area contributed by atoms with Crippen LogP contribution >= 0.6 is 23.4 Å². The van der Waals surface area contributed by atoms with Crippen LogP contribution in [0.25, 0.3) is 27.6 Å². The van der Waals surface area contributed by atoms with Crippen molar-refractivity contribution in [3.8, 4) is 23.2 Å². The second-order valence-corrected chi connectivity index (χ2v) is 9.42. The molecule has 0 unspecified atom stereocenters. The molecule has 1 fully saturated rings. The van der Waals surface area contributed by atoms with Gasteiger partial charge in [-0.3, -0.25) is 0 Å². The first-order valence-corrected chi connectivity index (χ1v) is 12.2. The zero-order valence-electron chi connectivity index (χ0n) is 18.7. The highest BCUT2D eigenvalue weighted by Crippen LogP contribution is 2.46. The summed E-state index contributed by atoms with van der Waals surface area (Å²) in [4.78, 5) is 11.0. The van der Waals surface area contributed by atoms with Crippen molar-refractivity contribution in [3.05, 3.63) is 46.1 Å². The van der Waals surface area contributed by atoms with Crippen molar-refractivity contribution in [2.75, 3.05) is 44.1 Å². The van der Waals surface area contributed by atoms with Gasteiger partial charge in [0.15, 0.2) is 5.82 Å². The molecule has 0 aliphatic carbocycles. The van der Waals surface area contributed by atoms with Crippen LogP contribution in [0.4, 0.5) is 14.6 Å². The van der Waals surface area contributed by atoms with E-state index in [9.17, 15) is 9.65 Å². The third kappa shape index (κ3) is 4.03. The molecule has 1 saturated heterocycles. The Bertz CT molecular complexity index is 1420. The lowest BCUT2D eigenvalue weighted by Crippen LogP contribution is -2.27. The number of nitrogens with zero attached hydrogens (tertiary/aromatic N) is 4. The minimum absolute atomic E-state index is 0.00313. The summed E-state index contributed by atoms with van der Waals surface area (Å²) >= 11 is 7.83. The maximum atomic E-state index is 16.3. The lowest BCUT2D eigenvalue weighted by atomic mass is 9.92. The molecule has 1 aromatic heterocycles. The van der Waals surface area contributed by atoms with E-state index in [0.29, 0.717) is 43.2 Å². The van der Waals surface area contributed by atoms with E-state index in [1.54, 1.807) is 6.07 Å². The quantitative estimate of drug-likeness (QED) is 0.533. The predicted octanol–water partition coefficient (Wildman–Crippen LogP) is 4.76. The highest BCUT2D eigenvalue weighted by Gasteiger charge is 2.29. The highest BCUT2D eigenvalue weighted by atomic mass is 35.5. The molecule has 0 saturated carbocycles. The molecule has 2 N–H and O–H groups in total. The van der Waals surface area contributed by atoms with E-state index in [1.165, 1.54) is 19.2 Å². The zero-order chi connectivity index (χ0) is 24.7. The second-order valence-electron chi connectivity index (χ2n) is 8.03. The Kier molecular flexibility index (Phi) is 6.40. The van der Waals surface area contributed by atoms with Crippen LogP contribution in [0.1, 0.15) is 12.0 Å². The summed E-state index contributed by atoms with van der Waals surface area (Å²) in [6.45, 7) is 2.36. The Labute approximate surface area is 209 Å². The smallest absolute Gasteiger partial charge is 0.318 e. The molecule has 11 heteroatoms. The van der Waals surface area contributed by atoms with Crippen molar-refractivity contribution in [1.82, 2.24) is 9.97 Å². The number of halogens is 3. The number of hydrogen-bond donors (Lipinski definition) is 1. The van der Waals surface area contributed by atoms with E-state index in [1.807, 2.05) is 11.0 Å². The Morgan fingerprint density at radius 1 is 1.23 bits per heavy atom. The normalized spacial score (nSPS) is 16.1. The molecule has 5 rings (SSSR count). The van der Waals surface area contributed by atoms with E-state index in [0.717, 1.165) is 18.2 Å². The minimum atomic E-state index is -0.722. The maximum Gasteiger partial charge on any atom is 0.318 e. The average molecular weight is 516 g/mol. The number of aromatic nitrogens is 2. The summed E-state index contributed by atoms with van der Waals surface area (Å²) in [6.07, 6.45) is 0.784. The van der Waals surface area contributed by atoms with Gasteiger partial charge < -0.3 is 20.1 Å². The lowest BCUT2D eigenvalue weighted by Gasteiger charge is -2.24. The Morgan fingerprint density at radius 3 is 2.83 bits per heavy atom. The third-order valence-electron chi connectivity index (χ3n) is 5.98. The number of fused-ring (bicyclic) bond motifs is 2. The van der Waals surface area contributed by atoms with E-state index in [2.05, 4.69) is 9.97 Å². The van der Waals surface area contributed by atoms with E-state index < -0.39 is 11.6 Å². The summed E-state index contributed by atoms with van der Waals surface area (Å²) in [5.74, 6) is -0.484. The molecule has 2 aliphatic rings. The summed E-state index contributed by atoms with van der Waals surface area (Å²) in [6, 6.07) is 6.29. The SMILES string of the molecule is COc1nc(N2CCCOCC2)c2cc(Cl)c(-c3ccc(F)c4c3C(C#N)=C(N)CS4)c(F)c2n1. The molecule has 0 bridgehead atoms. The standard InChI is InChI=1S/C24H20ClF2N5O2S/c1-33-24-30-21-13(23(31-24)32-5-2-7-34-8-6-32)9-15(25)19(20(21)27)12-3-4-16(26)22-18(12)14(10-28)17(29)11-35-22/h3-4,9H,2,5-8,11,29H2,1H3. The summed E-state index contributed by atoms with van der Waals surface area (Å²) in [5, 5.41) is 10.3. The van der Waals surface area contributed by atoms with Gasteiger partial charge in [-0.1, -0.05) is 17.7 Å². The fourth-order valence-electron chi connectivity index (χ4n) is 4.36. The van der Waals surface area contributed by atoms with Crippen molar-refractivity contribution in [2.24, 2.45) is 5.73 Å². The number of allylic oxidation sites excluding steroid dienone is 1. The van der Waals surface area contributed by atoms with Gasteiger partial charge in [-0.2, -0.15) is 15.2 Å². The van der Waals surface area contributed by atoms with Crippen LogP contribution in [0.2, 0.25) is 5.02 Å². The fourth-order valence-corrected chi connectivity index (χ4v) is 5.66. The Morgan fingerprint density at radius 2 is 2.06 bits per heavy atom. The number of hydrogen-bond acceptors (Lipinski definition) is 8. The molecule has 7 nitrogen and oxygen atoms in total. The number of thioether (sulfide) groups is 1. The number of rotatable bonds is 3. The van der Waals surface area contributed by atoms with Crippen LogP contribution < -0.4 is 15.4 Å². The van der Waals surface area contributed by atoms with Gasteiger partial charge in [-0.05, 0) is 24.1 Å². The van der Waals surface area contributed by atoms with Gasteiger partial charge in [0, 0.05) is 47.7 Å². The molecule has 2 aliphatic heterocycles. The predicted molar refractivity (Wildman–Crippen MR) is 132 cm³/mol. The summed E-state index contributed by atoms with van der Waals surface area (Å²) < 4.78 is 41.7. The molecule has 0 radical (unpaired) electrons. The molecule has 35 heavy (non-hydrogen) atoms. The maximum absolute atomic E-state index is 16.3. The Hall–Kier alpha value is -3.13. The number of anilines is 1. The van der Waals surface area contributed by atoms with Crippen LogP contribution in [0.5, 0.6) is 6.01 Å². The average Bonchev–Trinajstić information content (AvgIpc) is 3.14. The molecule has 3 aromatic rings. The molecular formula is C24H20ClF2N5O2S. The first-order valence-electron chi connectivity index (χ1n) is 10.9. The van der Waals surface area contributed by atoms with Crippen molar-refractivity contribution in [2.45, 2.75) is 11.3 Å². The minimum Gasteiger partial charge on any atom is -0.467 e. The monoisotopic (exact) mass is 515 g/mol. The number of nitriles is 1. The van der Waals surface area contributed by atoms with Crippen LogP contribution in [-0.2, 0) is 4.74 Å². The van der Waals surface area contributed by atoms with Crippen molar-refractivity contribution >= 4 is 45.7 Å². The van der Waals surface area contributed by atoms with Gasteiger partial charge in [0.2, 0.25) is 0 Å². The summed E-state index contributed by atoms with van der Waals surface area (Å²) in [7, 11) is 1.41. The molecular weight excluding hydrogens is 496 g/mol. The van der Waals surface area contributed by atoms with Crippen LogP contribution in [0.15, 0.2) is 28.8 Å². The van der Waals surface area contributed by atoms with Crippen molar-refractivity contribution < 1.29 is 18.3 Å². The molecule has 2 aromatic carbocycles. The van der Waals surface area contributed by atoms with Gasteiger partial charge in [-0.15, -0.1) is 11.8 Å². The van der Waals surface area contributed by atoms with Crippen LogP contribution in [0.3, 0.4) is 0 Å². The largest absolute Gasteiger partial charge is 0.467 e. The second kappa shape index (κ2) is 9.49. The number of benzene rings is 2. The summed E-state index contributed by atoms with van der Waals surface area (Å²) in [5.41, 5.74) is 6.96. The number of methoxy groups -OCH3 is 1. The molecule has 0 spiro atoms. The third-order valence-corrected chi connectivity index (χ3v) is 7.42. The molecule has 3 heterocycles. The fraction of sp³-hybridized carbons (Fsp3) is 0.292. The van der Waals surface area contributed by atoms with E-state index in [-0.39, 0.29) is 49.5 Å². The Balaban J connectivity index is 1.79. The number of ether oxygens (including phenoxy) is 2. The van der Waals surface area contributed by atoms with Gasteiger partial charge in [0.05, 0.1) is 29.2 Å². The van der Waals surface area contributed by atoms with Gasteiger partial charge in [0.1, 0.15) is 23.2 Å². The van der Waals surface area contributed by atoms with Gasteiger partial charge in [-0.25, -0.2) is 8.78 Å². The van der Waals surface area contributed by atoms with Crippen LogP contribution in [-0.4, -0.2) is 49.1 Å². The first kappa shape index (κ1) is 23.6. The van der Waals surface area contributed by atoms with Crippen LogP contribution in [0, 0.1) is 23.0 Å². The van der Waals surface area contributed by atoms with Gasteiger partial charge in [0.25, 0.3) is 0 Å². The van der Waals surface area contributed by atoms with Crippen molar-refractivity contribution in [3.63, 3.8) is 0 Å². The lowest BCUT2D eigenvalue weighted by molar-refractivity contribution is 0.152.